The van der Waals surface area contributed by atoms with Crippen LogP contribution < -0.4 is 5.73 Å². The summed E-state index contributed by atoms with van der Waals surface area (Å²) in [5.41, 5.74) is 8.46. The summed E-state index contributed by atoms with van der Waals surface area (Å²) in [4.78, 5) is 12.1. The summed E-state index contributed by atoms with van der Waals surface area (Å²) in [7, 11) is -2.63. The van der Waals surface area contributed by atoms with E-state index in [0.717, 1.165) is 5.56 Å². The smallest absolute Gasteiger partial charge is 0.339 e. The van der Waals surface area contributed by atoms with Crippen LogP contribution in [0.3, 0.4) is 0 Å². The van der Waals surface area contributed by atoms with Crippen LogP contribution in [-0.2, 0) is 32.5 Å². The minimum absolute atomic E-state index is 0.0289. The van der Waals surface area contributed by atoms with E-state index in [1.165, 1.54) is 18.2 Å². The highest BCUT2D eigenvalue weighted by atomic mass is 32.2. The first-order valence-corrected chi connectivity index (χ1v) is 8.96. The van der Waals surface area contributed by atoms with E-state index in [1.807, 2.05) is 0 Å². The van der Waals surface area contributed by atoms with Gasteiger partial charge in [0.1, 0.15) is 23.1 Å². The van der Waals surface area contributed by atoms with Crippen molar-refractivity contribution >= 4 is 27.8 Å². The van der Waals surface area contributed by atoms with Crippen LogP contribution in [0.4, 0.5) is 4.39 Å². The predicted molar refractivity (Wildman–Crippen MR) is 92.5 cm³/mol. The molecule has 0 aliphatic carbocycles. The molecule has 0 fully saturated rings. The third kappa shape index (κ3) is 3.62. The van der Waals surface area contributed by atoms with Crippen LogP contribution in [-0.4, -0.2) is 21.0 Å². The van der Waals surface area contributed by atoms with Crippen LogP contribution in [0, 0.1) is 5.82 Å². The molecule has 0 spiro atoms. The van der Waals surface area contributed by atoms with Crippen LogP contribution in [0.25, 0.3) is 11.1 Å². The molecule has 130 valence electrons. The van der Waals surface area contributed by atoms with Crippen molar-refractivity contribution in [3.63, 3.8) is 0 Å². The average molecular weight is 361 g/mol. The molecule has 0 radical (unpaired) electrons. The van der Waals surface area contributed by atoms with Crippen LogP contribution >= 0.6 is 0 Å². The fourth-order valence-electron chi connectivity index (χ4n) is 2.77. The third-order valence-corrected chi connectivity index (χ3v) is 4.63. The maximum Gasteiger partial charge on any atom is 0.339 e. The maximum atomic E-state index is 14.5. The van der Waals surface area contributed by atoms with E-state index in [-0.39, 0.29) is 17.9 Å². The zero-order chi connectivity index (χ0) is 18.0. The quantitative estimate of drug-likeness (QED) is 0.627. The lowest BCUT2D eigenvalue weighted by atomic mass is 9.95. The van der Waals surface area contributed by atoms with E-state index < -0.39 is 22.5 Å². The number of esters is 1. The Morgan fingerprint density at radius 1 is 1.08 bits per heavy atom. The molecule has 5 nitrogen and oxygen atoms in total. The number of hydrogen-bond donors (Lipinski definition) is 2. The Balaban J connectivity index is 2.06. The fourth-order valence-corrected chi connectivity index (χ4v) is 3.26. The lowest BCUT2D eigenvalue weighted by Gasteiger charge is -2.08. The van der Waals surface area contributed by atoms with Crippen LogP contribution in [0.5, 0.6) is 0 Å². The molecule has 0 atom stereocenters. The predicted octanol–water partition coefficient (Wildman–Crippen LogP) is 1.86. The molecular weight excluding hydrogens is 345 g/mol. The van der Waals surface area contributed by atoms with Crippen LogP contribution in [0.1, 0.15) is 22.3 Å². The fraction of sp³-hybridized carbons (Fsp3) is 0.167. The summed E-state index contributed by atoms with van der Waals surface area (Å²) in [5.74, 6) is -1.32. The van der Waals surface area contributed by atoms with Gasteiger partial charge in [0.05, 0.1) is 11.3 Å². The van der Waals surface area contributed by atoms with Gasteiger partial charge in [-0.1, -0.05) is 36.4 Å². The number of benzene rings is 2. The summed E-state index contributed by atoms with van der Waals surface area (Å²) >= 11 is 0. The Morgan fingerprint density at radius 2 is 1.76 bits per heavy atom. The Hall–Kier alpha value is -2.51. The summed E-state index contributed by atoms with van der Waals surface area (Å²) in [6.45, 7) is 0.355. The summed E-state index contributed by atoms with van der Waals surface area (Å²) < 4.78 is 41.1. The largest absolute Gasteiger partial charge is 0.457 e. The van der Waals surface area contributed by atoms with Crippen molar-refractivity contribution < 1.29 is 22.3 Å². The number of hydrogen-bond acceptors (Lipinski definition) is 5. The highest BCUT2D eigenvalue weighted by molar-refractivity contribution is 7.71. The standard InChI is InChI=1S/C18H16FNO4S/c19-16-7-12(10-25(22)23)3-6-14(16)15-9-24-18(21)17(15)13-4-1-11(8-20)2-5-13/h1-7,25H,8-10,20H2. The molecule has 0 bridgehead atoms. The lowest BCUT2D eigenvalue weighted by Crippen LogP contribution is -2.00. The molecule has 0 amide bonds. The summed E-state index contributed by atoms with van der Waals surface area (Å²) in [6.07, 6.45) is 0. The van der Waals surface area contributed by atoms with E-state index in [1.54, 1.807) is 24.3 Å². The number of cyclic esters (lactones) is 1. The Kier molecular flexibility index (Phi) is 4.96. The number of ether oxygens (including phenoxy) is 1. The van der Waals surface area contributed by atoms with Gasteiger partial charge in [-0.05, 0) is 22.8 Å². The number of thiol groups is 1. The van der Waals surface area contributed by atoms with Gasteiger partial charge in [-0.25, -0.2) is 17.6 Å². The van der Waals surface area contributed by atoms with Crippen molar-refractivity contribution in [2.75, 3.05) is 6.61 Å². The molecule has 7 heteroatoms. The zero-order valence-corrected chi connectivity index (χ0v) is 14.1. The normalized spacial score (nSPS) is 14.3. The summed E-state index contributed by atoms with van der Waals surface area (Å²) in [5, 5.41) is 0. The minimum atomic E-state index is -2.63. The highest BCUT2D eigenvalue weighted by Gasteiger charge is 2.28. The Bertz CT molecular complexity index is 925. The molecule has 2 aromatic carbocycles. The third-order valence-electron chi connectivity index (χ3n) is 4.00. The summed E-state index contributed by atoms with van der Waals surface area (Å²) in [6, 6.07) is 11.3. The van der Waals surface area contributed by atoms with Crippen LogP contribution in [0.2, 0.25) is 0 Å². The van der Waals surface area contributed by atoms with Gasteiger partial charge in [-0.3, -0.25) is 0 Å². The highest BCUT2D eigenvalue weighted by Crippen LogP contribution is 2.34. The monoisotopic (exact) mass is 361 g/mol. The van der Waals surface area contributed by atoms with E-state index in [4.69, 9.17) is 10.5 Å². The SMILES string of the molecule is NCc1ccc(C2=C(c3ccc(C[SH](=O)=O)cc3F)COC2=O)cc1. The zero-order valence-electron chi connectivity index (χ0n) is 13.2. The van der Waals surface area contributed by atoms with Crippen molar-refractivity contribution in [1.29, 1.82) is 0 Å². The van der Waals surface area contributed by atoms with Gasteiger partial charge < -0.3 is 10.5 Å². The molecule has 3 rings (SSSR count). The second-order valence-corrected chi connectivity index (χ2v) is 6.62. The van der Waals surface area contributed by atoms with Gasteiger partial charge in [-0.15, -0.1) is 0 Å². The van der Waals surface area contributed by atoms with Crippen LogP contribution in [0.15, 0.2) is 42.5 Å². The van der Waals surface area contributed by atoms with Gasteiger partial charge in [0.15, 0.2) is 0 Å². The van der Waals surface area contributed by atoms with Gasteiger partial charge in [0.25, 0.3) is 0 Å². The first-order valence-electron chi connectivity index (χ1n) is 7.60. The first kappa shape index (κ1) is 17.3. The second kappa shape index (κ2) is 7.16. The van der Waals surface area contributed by atoms with Crippen molar-refractivity contribution in [3.05, 3.63) is 70.5 Å². The second-order valence-electron chi connectivity index (χ2n) is 5.64. The lowest BCUT2D eigenvalue weighted by molar-refractivity contribution is -0.133. The number of halogens is 1. The van der Waals surface area contributed by atoms with Crippen molar-refractivity contribution in [2.45, 2.75) is 12.3 Å². The van der Waals surface area contributed by atoms with E-state index in [0.29, 0.717) is 28.8 Å². The van der Waals surface area contributed by atoms with Crippen molar-refractivity contribution in [3.8, 4) is 0 Å². The molecular formula is C18H16FNO4S. The maximum absolute atomic E-state index is 14.5. The van der Waals surface area contributed by atoms with E-state index >= 15 is 0 Å². The van der Waals surface area contributed by atoms with Crippen molar-refractivity contribution in [2.24, 2.45) is 5.73 Å². The van der Waals surface area contributed by atoms with E-state index in [2.05, 4.69) is 0 Å². The average Bonchev–Trinajstić information content (AvgIpc) is 2.96. The molecule has 1 aliphatic rings. The van der Waals surface area contributed by atoms with Gasteiger partial charge >= 0.3 is 5.97 Å². The minimum Gasteiger partial charge on any atom is -0.457 e. The molecule has 1 aliphatic heterocycles. The van der Waals surface area contributed by atoms with Gasteiger partial charge in [-0.2, -0.15) is 0 Å². The molecule has 1 heterocycles. The number of nitrogens with two attached hydrogens (primary N) is 1. The van der Waals surface area contributed by atoms with Crippen molar-refractivity contribution in [1.82, 2.24) is 0 Å². The number of carbonyl (C=O) groups is 1. The molecule has 25 heavy (non-hydrogen) atoms. The Morgan fingerprint density at radius 3 is 2.36 bits per heavy atom. The van der Waals surface area contributed by atoms with Gasteiger partial charge in [0.2, 0.25) is 0 Å². The molecule has 2 N–H and O–H groups in total. The van der Waals surface area contributed by atoms with E-state index in [9.17, 15) is 17.6 Å². The first-order chi connectivity index (χ1) is 12.0. The molecule has 0 aromatic heterocycles. The molecule has 2 aromatic rings. The van der Waals surface area contributed by atoms with Gasteiger partial charge in [0, 0.05) is 17.7 Å². The topological polar surface area (TPSA) is 86.5 Å². The Labute approximate surface area is 145 Å². The molecule has 0 saturated heterocycles. The molecule has 0 unspecified atom stereocenters. The number of carbonyl (C=O) groups excluding carboxylic acids is 1. The molecule has 0 saturated carbocycles. The number of rotatable bonds is 5.